The number of thiazole rings is 1. The van der Waals surface area contributed by atoms with Gasteiger partial charge in [-0.1, -0.05) is 0 Å². The van der Waals surface area contributed by atoms with Crippen LogP contribution in [-0.4, -0.2) is 12.1 Å². The molecule has 1 heterocycles. The second-order valence-corrected chi connectivity index (χ2v) is 4.34. The van der Waals surface area contributed by atoms with Crippen LogP contribution in [0.4, 0.5) is 4.39 Å². The smallest absolute Gasteiger partial charge is 0.159 e. The zero-order chi connectivity index (χ0) is 9.42. The van der Waals surface area contributed by atoms with Crippen molar-refractivity contribution in [3.8, 4) is 5.75 Å². The summed E-state index contributed by atoms with van der Waals surface area (Å²) in [4.78, 5) is 4.02. The average Bonchev–Trinajstić information content (AvgIpc) is 2.59. The van der Waals surface area contributed by atoms with Crippen molar-refractivity contribution in [3.05, 3.63) is 21.0 Å². The van der Waals surface area contributed by atoms with Crippen molar-refractivity contribution in [1.82, 2.24) is 4.98 Å². The Bertz CT molecular complexity index is 457. The first-order chi connectivity index (χ1) is 6.24. The predicted octanol–water partition coefficient (Wildman–Crippen LogP) is 3.05. The molecule has 0 unspecified atom stereocenters. The molecule has 13 heavy (non-hydrogen) atoms. The van der Waals surface area contributed by atoms with Crippen molar-refractivity contribution in [2.45, 2.75) is 0 Å². The molecular formula is C8H5FINOS. The van der Waals surface area contributed by atoms with Gasteiger partial charge >= 0.3 is 0 Å². The van der Waals surface area contributed by atoms with E-state index in [2.05, 4.69) is 4.98 Å². The number of hydrogen-bond acceptors (Lipinski definition) is 3. The minimum atomic E-state index is -0.238. The third-order valence-corrected chi connectivity index (χ3v) is 3.53. The molecule has 0 saturated carbocycles. The molecule has 0 saturated heterocycles. The van der Waals surface area contributed by atoms with Crippen molar-refractivity contribution in [2.24, 2.45) is 0 Å². The Balaban J connectivity index is 2.83. The molecule has 2 aromatic rings. The Labute approximate surface area is 91.9 Å². The van der Waals surface area contributed by atoms with Crippen molar-refractivity contribution in [2.75, 3.05) is 7.11 Å². The molecule has 1 aromatic heterocycles. The van der Waals surface area contributed by atoms with E-state index in [4.69, 9.17) is 4.74 Å². The Morgan fingerprint density at radius 1 is 1.62 bits per heavy atom. The first-order valence-corrected chi connectivity index (χ1v) is 5.45. The Morgan fingerprint density at radius 3 is 3.08 bits per heavy atom. The van der Waals surface area contributed by atoms with Crippen LogP contribution in [0.5, 0.6) is 5.75 Å². The lowest BCUT2D eigenvalue weighted by Gasteiger charge is -2.03. The maximum absolute atomic E-state index is 13.6. The Morgan fingerprint density at radius 2 is 2.38 bits per heavy atom. The minimum Gasteiger partial charge on any atom is -0.495 e. The van der Waals surface area contributed by atoms with Gasteiger partial charge in [0.2, 0.25) is 0 Å². The highest BCUT2D eigenvalue weighted by atomic mass is 127. The van der Waals surface area contributed by atoms with E-state index in [1.807, 2.05) is 22.6 Å². The van der Waals surface area contributed by atoms with Gasteiger partial charge in [-0.3, -0.25) is 0 Å². The number of nitrogens with zero attached hydrogens (tertiary/aromatic N) is 1. The summed E-state index contributed by atoms with van der Waals surface area (Å²) in [7, 11) is 1.52. The number of fused-ring (bicyclic) bond motifs is 1. The Hall–Kier alpha value is -0.430. The molecule has 0 aliphatic rings. The third kappa shape index (κ3) is 1.39. The van der Waals surface area contributed by atoms with Gasteiger partial charge in [0.1, 0.15) is 5.75 Å². The fourth-order valence-electron chi connectivity index (χ4n) is 1.07. The zero-order valence-corrected chi connectivity index (χ0v) is 9.65. The molecule has 0 atom stereocenters. The highest BCUT2D eigenvalue weighted by Gasteiger charge is 2.13. The number of rotatable bonds is 1. The quantitative estimate of drug-likeness (QED) is 0.755. The maximum Gasteiger partial charge on any atom is 0.159 e. The van der Waals surface area contributed by atoms with E-state index in [0.29, 0.717) is 19.5 Å². The molecule has 2 rings (SSSR count). The van der Waals surface area contributed by atoms with E-state index in [1.54, 1.807) is 11.6 Å². The average molecular weight is 309 g/mol. The van der Waals surface area contributed by atoms with Gasteiger partial charge in [0.15, 0.2) is 5.82 Å². The minimum absolute atomic E-state index is 0.238. The summed E-state index contributed by atoms with van der Waals surface area (Å²) in [6.45, 7) is 0. The number of benzene rings is 1. The van der Waals surface area contributed by atoms with Crippen LogP contribution in [0, 0.1) is 9.39 Å². The monoisotopic (exact) mass is 309 g/mol. The van der Waals surface area contributed by atoms with Gasteiger partial charge in [0.05, 0.1) is 26.4 Å². The molecule has 0 bridgehead atoms. The number of halogens is 2. The molecular weight excluding hydrogens is 304 g/mol. The van der Waals surface area contributed by atoms with E-state index < -0.39 is 0 Å². The lowest BCUT2D eigenvalue weighted by molar-refractivity contribution is 0.408. The van der Waals surface area contributed by atoms with Crippen LogP contribution in [0.25, 0.3) is 10.2 Å². The SMILES string of the molecule is COc1cc2ncsc2c(F)c1I. The lowest BCUT2D eigenvalue weighted by atomic mass is 10.3. The van der Waals surface area contributed by atoms with Crippen LogP contribution in [0.15, 0.2) is 11.6 Å². The van der Waals surface area contributed by atoms with Crippen LogP contribution >= 0.6 is 33.9 Å². The third-order valence-electron chi connectivity index (χ3n) is 1.69. The van der Waals surface area contributed by atoms with E-state index in [1.165, 1.54) is 18.4 Å². The highest BCUT2D eigenvalue weighted by Crippen LogP contribution is 2.32. The van der Waals surface area contributed by atoms with Crippen molar-refractivity contribution >= 4 is 44.1 Å². The molecule has 0 aliphatic heterocycles. The molecule has 0 amide bonds. The van der Waals surface area contributed by atoms with Crippen molar-refractivity contribution in [3.63, 3.8) is 0 Å². The fourth-order valence-corrected chi connectivity index (χ4v) is 2.60. The lowest BCUT2D eigenvalue weighted by Crippen LogP contribution is -1.90. The van der Waals surface area contributed by atoms with Gasteiger partial charge in [-0.15, -0.1) is 11.3 Å². The summed E-state index contributed by atoms with van der Waals surface area (Å²) in [5, 5.41) is 0. The largest absolute Gasteiger partial charge is 0.495 e. The maximum atomic E-state index is 13.6. The van der Waals surface area contributed by atoms with E-state index in [9.17, 15) is 4.39 Å². The molecule has 0 spiro atoms. The van der Waals surface area contributed by atoms with Crippen molar-refractivity contribution < 1.29 is 9.13 Å². The van der Waals surface area contributed by atoms with E-state index >= 15 is 0 Å². The molecule has 2 nitrogen and oxygen atoms in total. The molecule has 0 aliphatic carbocycles. The van der Waals surface area contributed by atoms with Crippen LogP contribution in [0.2, 0.25) is 0 Å². The predicted molar refractivity (Wildman–Crippen MR) is 58.8 cm³/mol. The summed E-state index contributed by atoms with van der Waals surface area (Å²) < 4.78 is 19.7. The Kier molecular flexibility index (Phi) is 2.37. The van der Waals surface area contributed by atoms with Gasteiger partial charge < -0.3 is 4.74 Å². The summed E-state index contributed by atoms with van der Waals surface area (Å²) in [5.74, 6) is 0.300. The number of methoxy groups -OCH3 is 1. The molecule has 0 N–H and O–H groups in total. The standard InChI is InChI=1S/C8H5FINOS/c1-12-5-2-4-8(13-3-11-4)6(9)7(5)10/h2-3H,1H3. The highest BCUT2D eigenvalue weighted by molar-refractivity contribution is 14.1. The first-order valence-electron chi connectivity index (χ1n) is 3.49. The molecule has 1 aromatic carbocycles. The molecule has 0 radical (unpaired) electrons. The fraction of sp³-hybridized carbons (Fsp3) is 0.125. The molecule has 68 valence electrons. The van der Waals surface area contributed by atoms with Gasteiger partial charge in [-0.25, -0.2) is 9.37 Å². The van der Waals surface area contributed by atoms with Crippen LogP contribution < -0.4 is 4.74 Å². The summed E-state index contributed by atoms with van der Waals surface area (Å²) in [6, 6.07) is 1.75. The van der Waals surface area contributed by atoms with Crippen LogP contribution in [0.1, 0.15) is 0 Å². The molecule has 5 heteroatoms. The zero-order valence-electron chi connectivity index (χ0n) is 6.67. The second-order valence-electron chi connectivity index (χ2n) is 2.41. The van der Waals surface area contributed by atoms with Crippen LogP contribution in [-0.2, 0) is 0 Å². The van der Waals surface area contributed by atoms with E-state index in [0.717, 1.165) is 0 Å². The van der Waals surface area contributed by atoms with Crippen LogP contribution in [0.3, 0.4) is 0 Å². The van der Waals surface area contributed by atoms with Gasteiger partial charge in [0, 0.05) is 6.07 Å². The van der Waals surface area contributed by atoms with Gasteiger partial charge in [-0.2, -0.15) is 0 Å². The van der Waals surface area contributed by atoms with Gasteiger partial charge in [-0.05, 0) is 22.6 Å². The number of aromatic nitrogens is 1. The second kappa shape index (κ2) is 3.38. The number of hydrogen-bond donors (Lipinski definition) is 0. The first kappa shape index (κ1) is 9.14. The summed E-state index contributed by atoms with van der Waals surface area (Å²) in [5.41, 5.74) is 2.28. The normalized spacial score (nSPS) is 10.7. The topological polar surface area (TPSA) is 22.1 Å². The van der Waals surface area contributed by atoms with Crippen molar-refractivity contribution in [1.29, 1.82) is 0 Å². The summed E-state index contributed by atoms with van der Waals surface area (Å²) in [6.07, 6.45) is 0. The molecule has 0 fully saturated rings. The van der Waals surface area contributed by atoms with E-state index in [-0.39, 0.29) is 5.82 Å². The number of ether oxygens (including phenoxy) is 1. The van der Waals surface area contributed by atoms with Gasteiger partial charge in [0.25, 0.3) is 0 Å². The summed E-state index contributed by atoms with van der Waals surface area (Å²) >= 11 is 3.23.